The maximum atomic E-state index is 12.7. The van der Waals surface area contributed by atoms with E-state index in [-0.39, 0.29) is 11.7 Å². The molecule has 0 atom stereocenters. The first kappa shape index (κ1) is 15.0. The van der Waals surface area contributed by atoms with Crippen molar-refractivity contribution in [2.45, 2.75) is 0 Å². The molecule has 4 rings (SSSR count). The number of carbonyl (C=O) groups is 2. The third-order valence-corrected chi connectivity index (χ3v) is 4.07. The molecule has 0 saturated carbocycles. The predicted octanol–water partition coefficient (Wildman–Crippen LogP) is 3.94. The van der Waals surface area contributed by atoms with Gasteiger partial charge in [0.2, 0.25) is 5.76 Å². The molecule has 122 valence electrons. The molecule has 3 aromatic carbocycles. The molecule has 3 N–H and O–H groups in total. The van der Waals surface area contributed by atoms with E-state index in [2.05, 4.69) is 5.32 Å². The minimum atomic E-state index is -0.731. The molecule has 25 heavy (non-hydrogen) atoms. The van der Waals surface area contributed by atoms with E-state index in [1.807, 2.05) is 30.3 Å². The van der Waals surface area contributed by atoms with Crippen LogP contribution in [0, 0.1) is 0 Å². The number of hydrogen-bond donors (Lipinski definition) is 2. The van der Waals surface area contributed by atoms with Crippen LogP contribution < -0.4 is 11.1 Å². The van der Waals surface area contributed by atoms with Crippen LogP contribution in [0.4, 0.5) is 5.69 Å². The molecule has 0 aliphatic heterocycles. The van der Waals surface area contributed by atoms with Crippen LogP contribution in [0.3, 0.4) is 0 Å². The number of nitrogens with one attached hydrogen (secondary N) is 1. The van der Waals surface area contributed by atoms with Crippen molar-refractivity contribution >= 4 is 39.2 Å². The SMILES string of the molecule is NC(=O)c1oc2ccccc2c1NC(=O)c1ccc2ccccc2c1. The first-order valence-corrected chi connectivity index (χ1v) is 7.75. The zero-order chi connectivity index (χ0) is 17.4. The summed E-state index contributed by atoms with van der Waals surface area (Å²) in [6.07, 6.45) is 0. The summed E-state index contributed by atoms with van der Waals surface area (Å²) in [5.74, 6) is -1.12. The zero-order valence-electron chi connectivity index (χ0n) is 13.2. The van der Waals surface area contributed by atoms with E-state index < -0.39 is 5.91 Å². The van der Waals surface area contributed by atoms with Crippen molar-refractivity contribution in [2.75, 3.05) is 5.32 Å². The number of para-hydroxylation sites is 1. The van der Waals surface area contributed by atoms with Gasteiger partial charge in [-0.05, 0) is 35.0 Å². The fourth-order valence-electron chi connectivity index (χ4n) is 2.86. The summed E-state index contributed by atoms with van der Waals surface area (Å²) in [6, 6.07) is 20.3. The molecule has 5 nitrogen and oxygen atoms in total. The Morgan fingerprint density at radius 1 is 0.880 bits per heavy atom. The van der Waals surface area contributed by atoms with Gasteiger partial charge in [0.15, 0.2) is 0 Å². The third-order valence-electron chi connectivity index (χ3n) is 4.07. The van der Waals surface area contributed by atoms with E-state index in [0.29, 0.717) is 22.2 Å². The topological polar surface area (TPSA) is 85.3 Å². The highest BCUT2D eigenvalue weighted by Gasteiger charge is 2.20. The summed E-state index contributed by atoms with van der Waals surface area (Å²) in [6.45, 7) is 0. The Bertz CT molecular complexity index is 1130. The minimum absolute atomic E-state index is 0.0599. The Morgan fingerprint density at radius 3 is 2.40 bits per heavy atom. The molecule has 0 saturated heterocycles. The lowest BCUT2D eigenvalue weighted by Gasteiger charge is -2.06. The molecular formula is C20H14N2O3. The Labute approximate surface area is 143 Å². The molecule has 0 aliphatic rings. The highest BCUT2D eigenvalue weighted by molar-refractivity contribution is 6.14. The van der Waals surface area contributed by atoms with E-state index in [1.165, 1.54) is 0 Å². The molecule has 1 aromatic heterocycles. The Balaban J connectivity index is 1.76. The first-order chi connectivity index (χ1) is 12.1. The number of amides is 2. The fraction of sp³-hybridized carbons (Fsp3) is 0. The number of anilines is 1. The van der Waals surface area contributed by atoms with Gasteiger partial charge in [0, 0.05) is 10.9 Å². The number of fused-ring (bicyclic) bond motifs is 2. The largest absolute Gasteiger partial charge is 0.449 e. The maximum absolute atomic E-state index is 12.7. The summed E-state index contributed by atoms with van der Waals surface area (Å²) < 4.78 is 5.48. The second kappa shape index (κ2) is 5.79. The molecule has 0 unspecified atom stereocenters. The summed E-state index contributed by atoms with van der Waals surface area (Å²) >= 11 is 0. The van der Waals surface area contributed by atoms with E-state index in [0.717, 1.165) is 10.8 Å². The van der Waals surface area contributed by atoms with Crippen LogP contribution in [0.1, 0.15) is 20.9 Å². The number of benzene rings is 3. The predicted molar refractivity (Wildman–Crippen MR) is 96.6 cm³/mol. The van der Waals surface area contributed by atoms with Crippen LogP contribution in [-0.4, -0.2) is 11.8 Å². The lowest BCUT2D eigenvalue weighted by atomic mass is 10.1. The van der Waals surface area contributed by atoms with Gasteiger partial charge in [0.25, 0.3) is 11.8 Å². The van der Waals surface area contributed by atoms with Crippen LogP contribution in [0.5, 0.6) is 0 Å². The van der Waals surface area contributed by atoms with Crippen molar-refractivity contribution in [3.63, 3.8) is 0 Å². The zero-order valence-corrected chi connectivity index (χ0v) is 13.2. The van der Waals surface area contributed by atoms with E-state index >= 15 is 0 Å². The number of rotatable bonds is 3. The molecular weight excluding hydrogens is 316 g/mol. The van der Waals surface area contributed by atoms with Gasteiger partial charge in [0.05, 0.1) is 0 Å². The highest BCUT2D eigenvalue weighted by atomic mass is 16.3. The molecule has 2 amide bonds. The van der Waals surface area contributed by atoms with Crippen molar-refractivity contribution in [3.05, 3.63) is 78.1 Å². The summed E-state index contributed by atoms with van der Waals surface area (Å²) in [4.78, 5) is 24.3. The lowest BCUT2D eigenvalue weighted by Crippen LogP contribution is -2.17. The third kappa shape index (κ3) is 2.61. The molecule has 0 bridgehead atoms. The van der Waals surface area contributed by atoms with Crippen LogP contribution >= 0.6 is 0 Å². The quantitative estimate of drug-likeness (QED) is 0.596. The number of nitrogens with two attached hydrogens (primary N) is 1. The van der Waals surface area contributed by atoms with Gasteiger partial charge in [-0.3, -0.25) is 9.59 Å². The summed E-state index contributed by atoms with van der Waals surface area (Å²) in [5, 5.41) is 5.40. The van der Waals surface area contributed by atoms with Gasteiger partial charge in [-0.15, -0.1) is 0 Å². The molecule has 0 radical (unpaired) electrons. The van der Waals surface area contributed by atoms with Gasteiger partial charge in [-0.1, -0.05) is 42.5 Å². The van der Waals surface area contributed by atoms with Crippen LogP contribution in [0.25, 0.3) is 21.7 Å². The fourth-order valence-corrected chi connectivity index (χ4v) is 2.86. The number of primary amides is 1. The second-order valence-electron chi connectivity index (χ2n) is 5.68. The van der Waals surface area contributed by atoms with Crippen LogP contribution in [0.2, 0.25) is 0 Å². The number of hydrogen-bond acceptors (Lipinski definition) is 3. The van der Waals surface area contributed by atoms with Crippen molar-refractivity contribution in [1.82, 2.24) is 0 Å². The molecule has 5 heteroatoms. The van der Waals surface area contributed by atoms with Crippen molar-refractivity contribution in [3.8, 4) is 0 Å². The lowest BCUT2D eigenvalue weighted by molar-refractivity contribution is 0.0977. The first-order valence-electron chi connectivity index (χ1n) is 7.75. The number of furan rings is 1. The van der Waals surface area contributed by atoms with E-state index in [1.54, 1.807) is 36.4 Å². The van der Waals surface area contributed by atoms with Gasteiger partial charge in [-0.2, -0.15) is 0 Å². The standard InChI is InChI=1S/C20H14N2O3/c21-19(23)18-17(15-7-3-4-8-16(15)25-18)22-20(24)14-10-9-12-5-1-2-6-13(12)11-14/h1-11H,(H2,21,23)(H,22,24). The van der Waals surface area contributed by atoms with Gasteiger partial charge in [0.1, 0.15) is 11.3 Å². The smallest absolute Gasteiger partial charge is 0.286 e. The molecule has 4 aromatic rings. The Kier molecular flexibility index (Phi) is 3.47. The number of carbonyl (C=O) groups excluding carboxylic acids is 2. The average molecular weight is 330 g/mol. The second-order valence-corrected chi connectivity index (χ2v) is 5.68. The Hall–Kier alpha value is -3.60. The monoisotopic (exact) mass is 330 g/mol. The van der Waals surface area contributed by atoms with Crippen molar-refractivity contribution in [2.24, 2.45) is 5.73 Å². The van der Waals surface area contributed by atoms with Gasteiger partial charge < -0.3 is 15.5 Å². The normalized spacial score (nSPS) is 10.9. The highest BCUT2D eigenvalue weighted by Crippen LogP contribution is 2.31. The summed E-state index contributed by atoms with van der Waals surface area (Å²) in [5.41, 5.74) is 6.65. The van der Waals surface area contributed by atoms with Gasteiger partial charge >= 0.3 is 0 Å². The molecule has 0 fully saturated rings. The van der Waals surface area contributed by atoms with Gasteiger partial charge in [-0.25, -0.2) is 0 Å². The average Bonchev–Trinajstić information content (AvgIpc) is 3.00. The van der Waals surface area contributed by atoms with E-state index in [9.17, 15) is 9.59 Å². The molecule has 1 heterocycles. The van der Waals surface area contributed by atoms with Crippen LogP contribution in [-0.2, 0) is 0 Å². The molecule has 0 spiro atoms. The van der Waals surface area contributed by atoms with E-state index in [4.69, 9.17) is 10.2 Å². The van der Waals surface area contributed by atoms with Crippen molar-refractivity contribution < 1.29 is 14.0 Å². The minimum Gasteiger partial charge on any atom is -0.449 e. The van der Waals surface area contributed by atoms with Crippen LogP contribution in [0.15, 0.2) is 71.1 Å². The van der Waals surface area contributed by atoms with Crippen molar-refractivity contribution in [1.29, 1.82) is 0 Å². The molecule has 0 aliphatic carbocycles. The summed E-state index contributed by atoms with van der Waals surface area (Å²) in [7, 11) is 0. The Morgan fingerprint density at radius 2 is 1.60 bits per heavy atom. The maximum Gasteiger partial charge on any atom is 0.286 e.